The molecule has 1 unspecified atom stereocenters. The maximum atomic E-state index is 13.7. The maximum absolute atomic E-state index is 13.7. The van der Waals surface area contributed by atoms with E-state index in [0.29, 0.717) is 25.1 Å². The van der Waals surface area contributed by atoms with E-state index < -0.39 is 53.4 Å². The Morgan fingerprint density at radius 2 is 1.66 bits per heavy atom. The lowest BCUT2D eigenvalue weighted by Crippen LogP contribution is -2.43. The number of rotatable bonds is 10. The third kappa shape index (κ3) is 7.52. The van der Waals surface area contributed by atoms with Crippen molar-refractivity contribution in [2.24, 2.45) is 5.73 Å². The molecule has 0 heterocycles. The van der Waals surface area contributed by atoms with E-state index in [2.05, 4.69) is 5.32 Å². The second-order valence-corrected chi connectivity index (χ2v) is 6.49. The van der Waals surface area contributed by atoms with E-state index in [1.807, 2.05) is 13.8 Å². The summed E-state index contributed by atoms with van der Waals surface area (Å²) in [7, 11) is 0. The Labute approximate surface area is 183 Å². The topological polar surface area (TPSA) is 107 Å². The Balaban J connectivity index is 0.00000249. The lowest BCUT2D eigenvalue weighted by atomic mass is 10.0. The molecule has 0 aliphatic carbocycles. The van der Waals surface area contributed by atoms with Crippen LogP contribution in [0.1, 0.15) is 43.5 Å². The molecule has 10 heteroatoms. The fourth-order valence-electron chi connectivity index (χ4n) is 2.65. The second-order valence-electron chi connectivity index (χ2n) is 6.49. The minimum Gasteiger partial charge on any atom is -0.479 e. The van der Waals surface area contributed by atoms with Crippen molar-refractivity contribution < 1.29 is 31.9 Å². The first-order valence-electron chi connectivity index (χ1n) is 10.1. The molecule has 2 aromatic carbocycles. The number of hydrogen-bond acceptors (Lipinski definition) is 5. The zero-order valence-corrected chi connectivity index (χ0v) is 17.9. The molecule has 2 rings (SSSR count). The summed E-state index contributed by atoms with van der Waals surface area (Å²) in [5.74, 6) is -9.52. The van der Waals surface area contributed by atoms with Crippen LogP contribution in [0.3, 0.4) is 0 Å². The standard InChI is InChI=1S/C20H21F4N3O3.C2H6/c21-13-9-14(22)18(24)19(17(13)23)30-10-16(28)15(6-1-2-7-25)27-20(29)11-4-3-5-12(26)8-11;1-2/h3-5,8-9,15H,1-2,6-7,10,25-26H2,(H,27,29);1-2H3. The van der Waals surface area contributed by atoms with Crippen LogP contribution in [0.4, 0.5) is 23.2 Å². The van der Waals surface area contributed by atoms with Gasteiger partial charge in [-0.2, -0.15) is 8.78 Å². The van der Waals surface area contributed by atoms with E-state index in [0.717, 1.165) is 0 Å². The van der Waals surface area contributed by atoms with Gasteiger partial charge in [0, 0.05) is 17.3 Å². The number of anilines is 1. The lowest BCUT2D eigenvalue weighted by Gasteiger charge is -2.18. The van der Waals surface area contributed by atoms with Gasteiger partial charge in [0.25, 0.3) is 5.91 Å². The van der Waals surface area contributed by atoms with Crippen molar-refractivity contribution in [2.45, 2.75) is 39.2 Å². The van der Waals surface area contributed by atoms with Gasteiger partial charge in [-0.25, -0.2) is 8.78 Å². The number of ether oxygens (including phenoxy) is 1. The van der Waals surface area contributed by atoms with Crippen molar-refractivity contribution in [2.75, 3.05) is 18.9 Å². The number of benzene rings is 2. The van der Waals surface area contributed by atoms with Crippen LogP contribution in [-0.2, 0) is 4.79 Å². The fourth-order valence-corrected chi connectivity index (χ4v) is 2.65. The number of carbonyl (C=O) groups is 2. The maximum Gasteiger partial charge on any atom is 0.251 e. The monoisotopic (exact) mass is 457 g/mol. The normalized spacial score (nSPS) is 11.2. The quantitative estimate of drug-likeness (QED) is 0.218. The van der Waals surface area contributed by atoms with E-state index in [-0.39, 0.29) is 18.1 Å². The SMILES string of the molecule is CC.NCCCCC(NC(=O)c1cccc(N)c1)C(=O)COc1c(F)c(F)cc(F)c1F. The molecule has 0 aliphatic heterocycles. The van der Waals surface area contributed by atoms with Gasteiger partial charge in [-0.05, 0) is 44.0 Å². The molecule has 176 valence electrons. The van der Waals surface area contributed by atoms with E-state index >= 15 is 0 Å². The van der Waals surface area contributed by atoms with Crippen molar-refractivity contribution in [3.63, 3.8) is 0 Å². The third-order valence-electron chi connectivity index (χ3n) is 4.22. The van der Waals surface area contributed by atoms with Gasteiger partial charge in [0.15, 0.2) is 23.2 Å². The Morgan fingerprint density at radius 3 is 2.22 bits per heavy atom. The summed E-state index contributed by atoms with van der Waals surface area (Å²) in [6.45, 7) is 3.45. The molecule has 5 N–H and O–H groups in total. The Morgan fingerprint density at radius 1 is 1.03 bits per heavy atom. The highest BCUT2D eigenvalue weighted by molar-refractivity contribution is 5.98. The van der Waals surface area contributed by atoms with Crippen molar-refractivity contribution in [1.82, 2.24) is 5.32 Å². The molecule has 0 fully saturated rings. The van der Waals surface area contributed by atoms with E-state index in [4.69, 9.17) is 16.2 Å². The van der Waals surface area contributed by atoms with Crippen molar-refractivity contribution in [3.8, 4) is 5.75 Å². The van der Waals surface area contributed by atoms with Gasteiger partial charge in [-0.15, -0.1) is 0 Å². The first-order valence-corrected chi connectivity index (χ1v) is 10.1. The zero-order valence-electron chi connectivity index (χ0n) is 17.9. The zero-order chi connectivity index (χ0) is 24.3. The Bertz CT molecular complexity index is 899. The Kier molecular flexibility index (Phi) is 11.2. The summed E-state index contributed by atoms with van der Waals surface area (Å²) in [4.78, 5) is 24.9. The van der Waals surface area contributed by atoms with E-state index in [1.54, 1.807) is 12.1 Å². The van der Waals surface area contributed by atoms with Gasteiger partial charge < -0.3 is 21.5 Å². The molecule has 1 atom stereocenters. The number of halogens is 4. The van der Waals surface area contributed by atoms with Crippen LogP contribution < -0.4 is 21.5 Å². The molecule has 0 radical (unpaired) electrons. The number of nitrogens with one attached hydrogen (secondary N) is 1. The summed E-state index contributed by atoms with van der Waals surface area (Å²) >= 11 is 0. The number of amides is 1. The molecule has 0 saturated carbocycles. The molecule has 32 heavy (non-hydrogen) atoms. The summed E-state index contributed by atoms with van der Waals surface area (Å²) < 4.78 is 58.7. The molecule has 1 amide bonds. The lowest BCUT2D eigenvalue weighted by molar-refractivity contribution is -0.123. The van der Waals surface area contributed by atoms with Crippen LogP contribution in [0.25, 0.3) is 0 Å². The van der Waals surface area contributed by atoms with Gasteiger partial charge in [-0.1, -0.05) is 19.9 Å². The predicted octanol–water partition coefficient (Wildman–Crippen LogP) is 3.73. The highest BCUT2D eigenvalue weighted by Crippen LogP contribution is 2.26. The summed E-state index contributed by atoms with van der Waals surface area (Å²) in [5.41, 5.74) is 11.6. The minimum absolute atomic E-state index is 0.0285. The fraction of sp³-hybridized carbons (Fsp3) is 0.364. The highest BCUT2D eigenvalue weighted by atomic mass is 19.2. The van der Waals surface area contributed by atoms with Crippen molar-refractivity contribution >= 4 is 17.4 Å². The smallest absolute Gasteiger partial charge is 0.251 e. The van der Waals surface area contributed by atoms with Crippen LogP contribution >= 0.6 is 0 Å². The van der Waals surface area contributed by atoms with Crippen LogP contribution in [-0.4, -0.2) is 30.9 Å². The first kappa shape index (κ1) is 26.9. The van der Waals surface area contributed by atoms with Gasteiger partial charge in [-0.3, -0.25) is 9.59 Å². The molecule has 0 saturated heterocycles. The van der Waals surface area contributed by atoms with Gasteiger partial charge in [0.2, 0.25) is 11.6 Å². The van der Waals surface area contributed by atoms with Crippen LogP contribution in [0.2, 0.25) is 0 Å². The largest absolute Gasteiger partial charge is 0.479 e. The molecular formula is C22H27F4N3O3. The van der Waals surface area contributed by atoms with Gasteiger partial charge >= 0.3 is 0 Å². The number of nitrogen functional groups attached to an aromatic ring is 1. The minimum atomic E-state index is -1.76. The number of carbonyl (C=O) groups excluding carboxylic acids is 2. The molecule has 0 bridgehead atoms. The molecule has 2 aromatic rings. The third-order valence-corrected chi connectivity index (χ3v) is 4.22. The molecule has 6 nitrogen and oxygen atoms in total. The molecular weight excluding hydrogens is 430 g/mol. The van der Waals surface area contributed by atoms with E-state index in [1.165, 1.54) is 12.1 Å². The van der Waals surface area contributed by atoms with Crippen LogP contribution in [0, 0.1) is 23.3 Å². The average molecular weight is 457 g/mol. The Hall–Kier alpha value is -3.14. The van der Waals surface area contributed by atoms with Crippen molar-refractivity contribution in [1.29, 1.82) is 0 Å². The molecule has 0 aromatic heterocycles. The van der Waals surface area contributed by atoms with Gasteiger partial charge in [0.05, 0.1) is 6.04 Å². The number of ketones is 1. The summed E-state index contributed by atoms with van der Waals surface area (Å²) in [6.07, 6.45) is 1.22. The summed E-state index contributed by atoms with van der Waals surface area (Å²) in [6, 6.07) is 4.99. The molecule has 0 aliphatic rings. The first-order chi connectivity index (χ1) is 15.2. The number of unbranched alkanes of at least 4 members (excludes halogenated alkanes) is 1. The average Bonchev–Trinajstić information content (AvgIpc) is 2.78. The van der Waals surface area contributed by atoms with Crippen LogP contribution in [0.5, 0.6) is 5.75 Å². The van der Waals surface area contributed by atoms with Crippen molar-refractivity contribution in [3.05, 3.63) is 59.2 Å². The number of nitrogens with two attached hydrogens (primary N) is 2. The number of Topliss-reactive ketones (excluding diaryl/α,β-unsaturated/α-hetero) is 1. The molecule has 0 spiro atoms. The summed E-state index contributed by atoms with van der Waals surface area (Å²) in [5, 5.41) is 2.51. The highest BCUT2D eigenvalue weighted by Gasteiger charge is 2.25. The van der Waals surface area contributed by atoms with E-state index in [9.17, 15) is 27.2 Å². The van der Waals surface area contributed by atoms with Gasteiger partial charge in [0.1, 0.15) is 6.61 Å². The van der Waals surface area contributed by atoms with Crippen LogP contribution in [0.15, 0.2) is 30.3 Å². The second kappa shape index (κ2) is 13.3. The number of hydrogen-bond donors (Lipinski definition) is 3. The predicted molar refractivity (Wildman–Crippen MR) is 113 cm³/mol.